The lowest BCUT2D eigenvalue weighted by atomic mass is 10.1. The highest BCUT2D eigenvalue weighted by Crippen LogP contribution is 2.20. The van der Waals surface area contributed by atoms with E-state index in [1.165, 1.54) is 0 Å². The van der Waals surface area contributed by atoms with Crippen molar-refractivity contribution in [3.63, 3.8) is 0 Å². The first-order chi connectivity index (χ1) is 20.7. The normalized spacial score (nSPS) is 10.6. The van der Waals surface area contributed by atoms with E-state index < -0.39 is 0 Å². The summed E-state index contributed by atoms with van der Waals surface area (Å²) >= 11 is 0. The molecule has 0 aliphatic rings. The van der Waals surface area contributed by atoms with Crippen molar-refractivity contribution in [2.75, 3.05) is 20.9 Å². The standard InChI is InChI=1S/C36H42N4O2/c41-35(39(33-25-15-9-16-26-33)37-31-21-11-7-12-22-31)29-19-5-3-1-2-4-6-20-30-36(42)40(34-27-17-10-18-28-34)38-32-23-13-8-14-24-32/h7-18,21-28,37-38H,1-6,19-20,29-30H2. The fraction of sp³-hybridized carbons (Fsp3) is 0.278. The van der Waals surface area contributed by atoms with E-state index in [1.807, 2.05) is 121 Å². The summed E-state index contributed by atoms with van der Waals surface area (Å²) in [5.74, 6) is 0.141. The minimum atomic E-state index is 0.0704. The zero-order valence-electron chi connectivity index (χ0n) is 24.3. The van der Waals surface area contributed by atoms with E-state index in [4.69, 9.17) is 0 Å². The highest BCUT2D eigenvalue weighted by atomic mass is 16.2. The molecule has 0 aliphatic carbocycles. The van der Waals surface area contributed by atoms with Gasteiger partial charge in [-0.15, -0.1) is 0 Å². The molecule has 0 atom stereocenters. The van der Waals surface area contributed by atoms with E-state index in [0.29, 0.717) is 12.8 Å². The number of amides is 2. The Morgan fingerprint density at radius 3 is 1.02 bits per heavy atom. The number of carbonyl (C=O) groups excluding carboxylic acids is 2. The molecule has 2 N–H and O–H groups in total. The van der Waals surface area contributed by atoms with Crippen LogP contribution < -0.4 is 20.9 Å². The van der Waals surface area contributed by atoms with E-state index in [-0.39, 0.29) is 11.8 Å². The second-order valence-electron chi connectivity index (χ2n) is 10.4. The van der Waals surface area contributed by atoms with Crippen LogP contribution in [0.25, 0.3) is 0 Å². The van der Waals surface area contributed by atoms with Crippen molar-refractivity contribution in [2.24, 2.45) is 0 Å². The van der Waals surface area contributed by atoms with E-state index in [0.717, 1.165) is 74.1 Å². The molecule has 4 aromatic carbocycles. The van der Waals surface area contributed by atoms with E-state index >= 15 is 0 Å². The molecule has 4 rings (SSSR count). The number of hydrogen-bond acceptors (Lipinski definition) is 4. The number of carbonyl (C=O) groups is 2. The van der Waals surface area contributed by atoms with Crippen molar-refractivity contribution >= 4 is 34.6 Å². The molecule has 0 bridgehead atoms. The molecule has 6 heteroatoms. The second-order valence-corrected chi connectivity index (χ2v) is 10.4. The Kier molecular flexibility index (Phi) is 12.5. The molecule has 6 nitrogen and oxygen atoms in total. The van der Waals surface area contributed by atoms with Gasteiger partial charge in [-0.3, -0.25) is 20.4 Å². The van der Waals surface area contributed by atoms with Gasteiger partial charge in [-0.25, -0.2) is 10.0 Å². The van der Waals surface area contributed by atoms with Crippen LogP contribution in [0.5, 0.6) is 0 Å². The molecular formula is C36H42N4O2. The molecule has 0 aliphatic heterocycles. The Morgan fingerprint density at radius 2 is 0.690 bits per heavy atom. The number of nitrogens with zero attached hydrogens (tertiary/aromatic N) is 2. The fourth-order valence-electron chi connectivity index (χ4n) is 4.82. The van der Waals surface area contributed by atoms with Crippen LogP contribution in [0, 0.1) is 0 Å². The van der Waals surface area contributed by atoms with Crippen molar-refractivity contribution in [3.05, 3.63) is 121 Å². The van der Waals surface area contributed by atoms with Gasteiger partial charge in [0, 0.05) is 12.8 Å². The molecule has 4 aromatic rings. The number of para-hydroxylation sites is 4. The SMILES string of the molecule is O=C(CCCCCCCCCCC(=O)N(Nc1ccccc1)c1ccccc1)N(Nc1ccccc1)c1ccccc1. The zero-order chi connectivity index (χ0) is 29.2. The van der Waals surface area contributed by atoms with Crippen LogP contribution in [0.15, 0.2) is 121 Å². The quantitative estimate of drug-likeness (QED) is 0.0995. The van der Waals surface area contributed by atoms with Gasteiger partial charge in [-0.2, -0.15) is 0 Å². The maximum absolute atomic E-state index is 13.1. The molecular weight excluding hydrogens is 520 g/mol. The number of unbranched alkanes of at least 4 members (excludes halogenated alkanes) is 7. The van der Waals surface area contributed by atoms with Crippen LogP contribution in [0.3, 0.4) is 0 Å². The topological polar surface area (TPSA) is 64.7 Å². The van der Waals surface area contributed by atoms with Gasteiger partial charge in [-0.1, -0.05) is 111 Å². The average Bonchev–Trinajstić information content (AvgIpc) is 3.05. The predicted molar refractivity (Wildman–Crippen MR) is 174 cm³/mol. The number of rotatable bonds is 17. The Hall–Kier alpha value is -4.58. The highest BCUT2D eigenvalue weighted by Gasteiger charge is 2.16. The van der Waals surface area contributed by atoms with Crippen molar-refractivity contribution in [1.82, 2.24) is 0 Å². The third-order valence-corrected chi connectivity index (χ3v) is 7.09. The van der Waals surface area contributed by atoms with Gasteiger partial charge < -0.3 is 0 Å². The first-order valence-electron chi connectivity index (χ1n) is 15.1. The van der Waals surface area contributed by atoms with Crippen LogP contribution in [-0.2, 0) is 9.59 Å². The monoisotopic (exact) mass is 562 g/mol. The van der Waals surface area contributed by atoms with Gasteiger partial charge in [0.25, 0.3) is 0 Å². The highest BCUT2D eigenvalue weighted by molar-refractivity contribution is 5.95. The molecule has 2 amide bonds. The van der Waals surface area contributed by atoms with E-state index in [2.05, 4.69) is 10.9 Å². The fourth-order valence-corrected chi connectivity index (χ4v) is 4.82. The summed E-state index contributed by atoms with van der Waals surface area (Å²) in [6.45, 7) is 0. The minimum absolute atomic E-state index is 0.0704. The van der Waals surface area contributed by atoms with Gasteiger partial charge >= 0.3 is 0 Å². The smallest absolute Gasteiger partial charge is 0.245 e. The van der Waals surface area contributed by atoms with Crippen molar-refractivity contribution in [2.45, 2.75) is 64.2 Å². The molecule has 0 aromatic heterocycles. The third kappa shape index (κ3) is 10.1. The van der Waals surface area contributed by atoms with Gasteiger partial charge in [0.05, 0.1) is 22.7 Å². The van der Waals surface area contributed by atoms with Gasteiger partial charge in [0.2, 0.25) is 11.8 Å². The summed E-state index contributed by atoms with van der Waals surface area (Å²) < 4.78 is 0. The average molecular weight is 563 g/mol. The molecule has 0 saturated heterocycles. The Balaban J connectivity index is 1.11. The predicted octanol–water partition coefficient (Wildman–Crippen LogP) is 9.01. The van der Waals surface area contributed by atoms with Crippen LogP contribution in [0.2, 0.25) is 0 Å². The van der Waals surface area contributed by atoms with Crippen LogP contribution in [-0.4, -0.2) is 11.8 Å². The molecule has 218 valence electrons. The summed E-state index contributed by atoms with van der Waals surface area (Å²) in [5, 5.41) is 3.32. The Morgan fingerprint density at radius 1 is 0.405 bits per heavy atom. The number of hydrazine groups is 2. The molecule has 0 spiro atoms. The lowest BCUT2D eigenvalue weighted by Gasteiger charge is -2.24. The summed E-state index contributed by atoms with van der Waals surface area (Å²) in [6, 6.07) is 39.0. The largest absolute Gasteiger partial charge is 0.291 e. The maximum Gasteiger partial charge on any atom is 0.245 e. The van der Waals surface area contributed by atoms with E-state index in [9.17, 15) is 9.59 Å². The lowest BCUT2D eigenvalue weighted by molar-refractivity contribution is -0.119. The number of hydrogen-bond donors (Lipinski definition) is 2. The van der Waals surface area contributed by atoms with E-state index in [1.54, 1.807) is 10.0 Å². The van der Waals surface area contributed by atoms with Gasteiger partial charge in [0.1, 0.15) is 0 Å². The van der Waals surface area contributed by atoms with Crippen molar-refractivity contribution in [3.8, 4) is 0 Å². The third-order valence-electron chi connectivity index (χ3n) is 7.09. The van der Waals surface area contributed by atoms with Crippen molar-refractivity contribution < 1.29 is 9.59 Å². The second kappa shape index (κ2) is 17.3. The molecule has 0 unspecified atom stereocenters. The summed E-state index contributed by atoms with van der Waals surface area (Å²) in [5.41, 5.74) is 9.98. The molecule has 0 fully saturated rings. The Labute approximate surface area is 250 Å². The summed E-state index contributed by atoms with van der Waals surface area (Å²) in [6.07, 6.45) is 9.37. The maximum atomic E-state index is 13.1. The molecule has 0 saturated carbocycles. The first kappa shape index (κ1) is 30.4. The minimum Gasteiger partial charge on any atom is -0.291 e. The van der Waals surface area contributed by atoms with Crippen molar-refractivity contribution in [1.29, 1.82) is 0 Å². The van der Waals surface area contributed by atoms with Crippen LogP contribution in [0.4, 0.5) is 22.7 Å². The summed E-state index contributed by atoms with van der Waals surface area (Å²) in [4.78, 5) is 26.2. The zero-order valence-corrected chi connectivity index (χ0v) is 24.3. The first-order valence-corrected chi connectivity index (χ1v) is 15.1. The number of nitrogens with one attached hydrogen (secondary N) is 2. The number of benzene rings is 4. The lowest BCUT2D eigenvalue weighted by Crippen LogP contribution is -2.36. The van der Waals surface area contributed by atoms with Gasteiger partial charge in [-0.05, 0) is 61.4 Å². The summed E-state index contributed by atoms with van der Waals surface area (Å²) in [7, 11) is 0. The molecule has 42 heavy (non-hydrogen) atoms. The molecule has 0 radical (unpaired) electrons. The van der Waals surface area contributed by atoms with Gasteiger partial charge in [0.15, 0.2) is 0 Å². The number of anilines is 4. The molecule has 0 heterocycles. The van der Waals surface area contributed by atoms with Crippen LogP contribution >= 0.6 is 0 Å². The Bertz CT molecular complexity index is 1210. The van der Waals surface area contributed by atoms with Crippen LogP contribution in [0.1, 0.15) is 64.2 Å².